The molecule has 4 nitrogen and oxygen atoms in total. The molecule has 0 aliphatic carbocycles. The minimum atomic E-state index is -0.208. The maximum atomic E-state index is 12.3. The zero-order valence-electron chi connectivity index (χ0n) is 12.5. The molecule has 3 aromatic rings. The minimum Gasteiger partial charge on any atom is -0.321 e. The Kier molecular flexibility index (Phi) is 4.06. The van der Waals surface area contributed by atoms with E-state index in [0.717, 1.165) is 16.3 Å². The molecule has 22 heavy (non-hydrogen) atoms. The average Bonchev–Trinajstić information content (AvgIpc) is 3.18. The lowest BCUT2D eigenvalue weighted by Gasteiger charge is -2.08. The summed E-state index contributed by atoms with van der Waals surface area (Å²) in [7, 11) is 0. The van der Waals surface area contributed by atoms with Gasteiger partial charge in [0.15, 0.2) is 5.69 Å². The summed E-state index contributed by atoms with van der Waals surface area (Å²) in [6.07, 6.45) is 0. The van der Waals surface area contributed by atoms with Gasteiger partial charge in [-0.25, -0.2) is 0 Å². The minimum absolute atomic E-state index is 0.208. The van der Waals surface area contributed by atoms with Crippen molar-refractivity contribution in [2.75, 3.05) is 5.32 Å². The highest BCUT2D eigenvalue weighted by Gasteiger charge is 2.12. The summed E-state index contributed by atoms with van der Waals surface area (Å²) in [5.74, 6) is 0.215. The second kappa shape index (κ2) is 6.15. The lowest BCUT2D eigenvalue weighted by Crippen LogP contribution is -2.12. The predicted molar refractivity (Wildman–Crippen MR) is 90.4 cm³/mol. The van der Waals surface area contributed by atoms with Crippen molar-refractivity contribution in [1.82, 2.24) is 10.2 Å². The number of carbonyl (C=O) groups excluding carboxylic acids is 1. The molecule has 1 amide bonds. The van der Waals surface area contributed by atoms with Gasteiger partial charge in [0, 0.05) is 5.69 Å². The third-order valence-electron chi connectivity index (χ3n) is 3.41. The molecule has 0 radical (unpaired) electrons. The first-order valence-electron chi connectivity index (χ1n) is 7.14. The number of hydrogen-bond acceptors (Lipinski definition) is 3. The smallest absolute Gasteiger partial charge is 0.276 e. The Morgan fingerprint density at radius 2 is 2.09 bits per heavy atom. The van der Waals surface area contributed by atoms with Crippen molar-refractivity contribution in [3.8, 4) is 10.6 Å². The number of H-pyrrole nitrogens is 1. The van der Waals surface area contributed by atoms with Gasteiger partial charge in [0.05, 0.1) is 10.6 Å². The summed E-state index contributed by atoms with van der Waals surface area (Å²) in [5.41, 5.74) is 3.23. The fourth-order valence-corrected chi connectivity index (χ4v) is 2.86. The number of aromatic amines is 1. The molecule has 0 saturated heterocycles. The van der Waals surface area contributed by atoms with Crippen LogP contribution in [0.15, 0.2) is 47.8 Å². The molecule has 0 bridgehead atoms. The number of rotatable bonds is 4. The van der Waals surface area contributed by atoms with Gasteiger partial charge >= 0.3 is 0 Å². The number of carbonyl (C=O) groups is 1. The van der Waals surface area contributed by atoms with Gasteiger partial charge in [-0.1, -0.05) is 32.0 Å². The second-order valence-corrected chi connectivity index (χ2v) is 6.33. The maximum absolute atomic E-state index is 12.3. The van der Waals surface area contributed by atoms with Gasteiger partial charge in [-0.2, -0.15) is 5.10 Å². The Morgan fingerprint density at radius 3 is 2.82 bits per heavy atom. The normalized spacial score (nSPS) is 10.9. The van der Waals surface area contributed by atoms with E-state index in [2.05, 4.69) is 35.4 Å². The molecule has 0 fully saturated rings. The number of benzene rings is 1. The van der Waals surface area contributed by atoms with Crippen LogP contribution in [0, 0.1) is 0 Å². The van der Waals surface area contributed by atoms with Crippen LogP contribution in [-0.2, 0) is 0 Å². The SMILES string of the molecule is CC(C)c1cccc(NC(=O)c2cc(-c3cccs3)[nH]n2)c1. The fourth-order valence-electron chi connectivity index (χ4n) is 2.17. The van der Waals surface area contributed by atoms with E-state index in [0.29, 0.717) is 11.6 Å². The zero-order chi connectivity index (χ0) is 15.5. The highest BCUT2D eigenvalue weighted by Crippen LogP contribution is 2.23. The van der Waals surface area contributed by atoms with E-state index in [1.165, 1.54) is 5.56 Å². The standard InChI is InChI=1S/C17H17N3OS/c1-11(2)12-5-3-6-13(9-12)18-17(21)15-10-14(19-20-15)16-7-4-8-22-16/h3-11H,1-2H3,(H,18,21)(H,19,20). The predicted octanol–water partition coefficient (Wildman–Crippen LogP) is 4.51. The number of nitrogens with one attached hydrogen (secondary N) is 2. The van der Waals surface area contributed by atoms with E-state index in [1.54, 1.807) is 17.4 Å². The van der Waals surface area contributed by atoms with Crippen LogP contribution in [0.2, 0.25) is 0 Å². The number of anilines is 1. The van der Waals surface area contributed by atoms with E-state index >= 15 is 0 Å². The third kappa shape index (κ3) is 3.09. The number of aromatic nitrogens is 2. The molecule has 2 heterocycles. The molecule has 2 N–H and O–H groups in total. The Bertz CT molecular complexity index is 775. The zero-order valence-corrected chi connectivity index (χ0v) is 13.3. The van der Waals surface area contributed by atoms with Gasteiger partial charge in [-0.3, -0.25) is 9.89 Å². The number of thiophene rings is 1. The lowest BCUT2D eigenvalue weighted by molar-refractivity contribution is 0.102. The van der Waals surface area contributed by atoms with E-state index in [-0.39, 0.29) is 5.91 Å². The highest BCUT2D eigenvalue weighted by molar-refractivity contribution is 7.13. The molecule has 112 valence electrons. The summed E-state index contributed by atoms with van der Waals surface area (Å²) < 4.78 is 0. The van der Waals surface area contributed by atoms with Crippen molar-refractivity contribution < 1.29 is 4.79 Å². The van der Waals surface area contributed by atoms with Crippen LogP contribution in [-0.4, -0.2) is 16.1 Å². The highest BCUT2D eigenvalue weighted by atomic mass is 32.1. The van der Waals surface area contributed by atoms with Gasteiger partial charge in [0.2, 0.25) is 0 Å². The summed E-state index contributed by atoms with van der Waals surface area (Å²) in [4.78, 5) is 13.4. The molecule has 0 spiro atoms. The molecule has 3 rings (SSSR count). The number of nitrogens with zero attached hydrogens (tertiary/aromatic N) is 1. The monoisotopic (exact) mass is 311 g/mol. The van der Waals surface area contributed by atoms with Crippen molar-refractivity contribution >= 4 is 22.9 Å². The second-order valence-electron chi connectivity index (χ2n) is 5.38. The molecular formula is C17H17N3OS. The molecular weight excluding hydrogens is 294 g/mol. The largest absolute Gasteiger partial charge is 0.321 e. The van der Waals surface area contributed by atoms with Crippen LogP contribution >= 0.6 is 11.3 Å². The van der Waals surface area contributed by atoms with Crippen molar-refractivity contribution in [2.24, 2.45) is 0 Å². The summed E-state index contributed by atoms with van der Waals surface area (Å²) in [5, 5.41) is 11.9. The van der Waals surface area contributed by atoms with Gasteiger partial charge < -0.3 is 5.32 Å². The summed E-state index contributed by atoms with van der Waals surface area (Å²) >= 11 is 1.61. The van der Waals surface area contributed by atoms with Crippen LogP contribution in [0.25, 0.3) is 10.6 Å². The molecule has 0 unspecified atom stereocenters. The third-order valence-corrected chi connectivity index (χ3v) is 4.31. The van der Waals surface area contributed by atoms with Gasteiger partial charge in [-0.15, -0.1) is 11.3 Å². The molecule has 1 aromatic carbocycles. The van der Waals surface area contributed by atoms with E-state index in [9.17, 15) is 4.79 Å². The van der Waals surface area contributed by atoms with Gasteiger partial charge in [-0.05, 0) is 41.1 Å². The van der Waals surface area contributed by atoms with Crippen molar-refractivity contribution in [3.63, 3.8) is 0 Å². The van der Waals surface area contributed by atoms with Crippen molar-refractivity contribution in [3.05, 3.63) is 59.1 Å². The van der Waals surface area contributed by atoms with Crippen LogP contribution in [0.1, 0.15) is 35.8 Å². The Labute approximate surface area is 133 Å². The molecule has 2 aromatic heterocycles. The van der Waals surface area contributed by atoms with Crippen molar-refractivity contribution in [2.45, 2.75) is 19.8 Å². The first-order chi connectivity index (χ1) is 10.6. The molecule has 0 atom stereocenters. The average molecular weight is 311 g/mol. The first kappa shape index (κ1) is 14.5. The van der Waals surface area contributed by atoms with Crippen LogP contribution in [0.4, 0.5) is 5.69 Å². The summed E-state index contributed by atoms with van der Waals surface area (Å²) in [6, 6.07) is 13.6. The Morgan fingerprint density at radius 1 is 1.23 bits per heavy atom. The molecule has 0 saturated carbocycles. The number of amides is 1. The fraction of sp³-hybridized carbons (Fsp3) is 0.176. The van der Waals surface area contributed by atoms with Crippen molar-refractivity contribution in [1.29, 1.82) is 0 Å². The van der Waals surface area contributed by atoms with Gasteiger partial charge in [0.1, 0.15) is 0 Å². The Balaban J connectivity index is 1.76. The maximum Gasteiger partial charge on any atom is 0.276 e. The lowest BCUT2D eigenvalue weighted by atomic mass is 10.0. The Hall–Kier alpha value is -2.40. The first-order valence-corrected chi connectivity index (χ1v) is 8.02. The number of hydrogen-bond donors (Lipinski definition) is 2. The van der Waals surface area contributed by atoms with Crippen LogP contribution < -0.4 is 5.32 Å². The summed E-state index contributed by atoms with van der Waals surface area (Å²) in [6.45, 7) is 4.25. The molecule has 0 aliphatic rings. The quantitative estimate of drug-likeness (QED) is 0.744. The van der Waals surface area contributed by atoms with E-state index in [4.69, 9.17) is 0 Å². The molecule has 5 heteroatoms. The van der Waals surface area contributed by atoms with E-state index < -0.39 is 0 Å². The van der Waals surface area contributed by atoms with Crippen LogP contribution in [0.3, 0.4) is 0 Å². The topological polar surface area (TPSA) is 57.8 Å². The van der Waals surface area contributed by atoms with Crippen LogP contribution in [0.5, 0.6) is 0 Å². The van der Waals surface area contributed by atoms with E-state index in [1.807, 2.05) is 35.7 Å². The molecule has 0 aliphatic heterocycles. The van der Waals surface area contributed by atoms with Gasteiger partial charge in [0.25, 0.3) is 5.91 Å².